The third-order valence-electron chi connectivity index (χ3n) is 6.11. The Morgan fingerprint density at radius 1 is 1.34 bits per heavy atom. The molecule has 2 fully saturated rings. The van der Waals surface area contributed by atoms with Gasteiger partial charge in [-0.1, -0.05) is 11.8 Å². The van der Waals surface area contributed by atoms with E-state index in [0.717, 1.165) is 24.7 Å². The number of benzene rings is 1. The van der Waals surface area contributed by atoms with Gasteiger partial charge in [-0.15, -0.1) is 0 Å². The van der Waals surface area contributed by atoms with E-state index in [-0.39, 0.29) is 13.0 Å². The van der Waals surface area contributed by atoms with Gasteiger partial charge >= 0.3 is 6.09 Å². The number of hydroxylamine groups is 1. The number of sulfone groups is 1. The first-order valence-electron chi connectivity index (χ1n) is 10.2. The molecule has 2 atom stereocenters. The maximum Gasteiger partial charge on any atom is 0.414 e. The zero-order valence-corrected chi connectivity index (χ0v) is 18.7. The van der Waals surface area contributed by atoms with E-state index in [0.29, 0.717) is 23.9 Å². The van der Waals surface area contributed by atoms with E-state index in [1.807, 2.05) is 0 Å². The minimum Gasteiger partial charge on any atom is -0.444 e. The summed E-state index contributed by atoms with van der Waals surface area (Å²) in [5, 5.41) is 17.6. The summed E-state index contributed by atoms with van der Waals surface area (Å²) in [7, 11) is -3.90. The fourth-order valence-electron chi connectivity index (χ4n) is 3.86. The normalized spacial score (nSPS) is 24.2. The standard InChI is InChI=1S/C22H25N3O6S/c1-22(20(26)24-28,32(2,29)30)13-19-14-25(21(27)31-19)18-7-5-15(6-8-18)3-4-16-11-17(12-16)9-10-23/h5-8,16-17,19,28H,9,11-14H2,1-2H3,(H,24,26)/t16?,17?,19-,22+/m0/s1. The van der Waals surface area contributed by atoms with Gasteiger partial charge in [0.05, 0.1) is 12.6 Å². The largest absolute Gasteiger partial charge is 0.444 e. The molecule has 1 saturated heterocycles. The second-order valence-corrected chi connectivity index (χ2v) is 10.9. The first-order chi connectivity index (χ1) is 15.1. The Labute approximate surface area is 187 Å². The van der Waals surface area contributed by atoms with E-state index in [4.69, 9.17) is 15.2 Å². The van der Waals surface area contributed by atoms with Gasteiger partial charge in [0.2, 0.25) is 0 Å². The maximum absolute atomic E-state index is 12.3. The first kappa shape index (κ1) is 23.6. The fraction of sp³-hybridized carbons (Fsp3) is 0.500. The molecule has 9 nitrogen and oxygen atoms in total. The third-order valence-corrected chi connectivity index (χ3v) is 8.10. The molecule has 0 aromatic heterocycles. The number of carbonyl (C=O) groups is 2. The molecule has 0 spiro atoms. The summed E-state index contributed by atoms with van der Waals surface area (Å²) in [5.74, 6) is 5.99. The van der Waals surface area contributed by atoms with E-state index in [9.17, 15) is 18.0 Å². The molecule has 1 aliphatic heterocycles. The molecule has 0 bridgehead atoms. The monoisotopic (exact) mass is 459 g/mol. The van der Waals surface area contributed by atoms with Gasteiger partial charge in [-0.3, -0.25) is 14.9 Å². The SMILES string of the molecule is C[C@@](C[C@H]1CN(c2ccc(C#CC3CC(CC#N)C3)cc2)C(=O)O1)(C(=O)NO)S(C)(=O)=O. The Morgan fingerprint density at radius 2 is 2.00 bits per heavy atom. The number of nitriles is 1. The highest BCUT2D eigenvalue weighted by atomic mass is 32.2. The predicted octanol–water partition coefficient (Wildman–Crippen LogP) is 2.00. The van der Waals surface area contributed by atoms with Gasteiger partial charge in [-0.2, -0.15) is 5.26 Å². The molecule has 32 heavy (non-hydrogen) atoms. The van der Waals surface area contributed by atoms with Crippen LogP contribution in [0.4, 0.5) is 10.5 Å². The van der Waals surface area contributed by atoms with Crippen LogP contribution in [-0.2, 0) is 19.4 Å². The molecule has 1 aliphatic carbocycles. The van der Waals surface area contributed by atoms with E-state index < -0.39 is 32.7 Å². The molecule has 1 aromatic rings. The summed E-state index contributed by atoms with van der Waals surface area (Å²) in [5.41, 5.74) is 2.74. The molecule has 3 rings (SSSR count). The Kier molecular flexibility index (Phi) is 6.77. The molecule has 170 valence electrons. The molecule has 2 N–H and O–H groups in total. The van der Waals surface area contributed by atoms with Gasteiger partial charge < -0.3 is 4.74 Å². The van der Waals surface area contributed by atoms with Crippen LogP contribution in [0.15, 0.2) is 24.3 Å². The van der Waals surface area contributed by atoms with E-state index in [1.54, 1.807) is 24.3 Å². The number of hydrogen-bond donors (Lipinski definition) is 2. The second kappa shape index (κ2) is 9.19. The summed E-state index contributed by atoms with van der Waals surface area (Å²) in [6.07, 6.45) is 1.57. The van der Waals surface area contributed by atoms with Gasteiger partial charge in [0.1, 0.15) is 6.10 Å². The van der Waals surface area contributed by atoms with Gasteiger partial charge in [0.15, 0.2) is 14.6 Å². The molecular weight excluding hydrogens is 434 g/mol. The van der Waals surface area contributed by atoms with Crippen LogP contribution in [0.25, 0.3) is 0 Å². The zero-order valence-electron chi connectivity index (χ0n) is 17.9. The van der Waals surface area contributed by atoms with Crippen LogP contribution in [0.3, 0.4) is 0 Å². The van der Waals surface area contributed by atoms with E-state index in [1.165, 1.54) is 17.3 Å². The number of nitrogens with zero attached hydrogens (tertiary/aromatic N) is 2. The third kappa shape index (κ3) is 4.87. The quantitative estimate of drug-likeness (QED) is 0.377. The second-order valence-electron chi connectivity index (χ2n) is 8.48. The molecule has 2 amide bonds. The molecule has 1 saturated carbocycles. The van der Waals surface area contributed by atoms with Crippen molar-refractivity contribution in [1.82, 2.24) is 5.48 Å². The summed E-state index contributed by atoms with van der Waals surface area (Å²) in [6.45, 7) is 1.25. The van der Waals surface area contributed by atoms with Crippen LogP contribution in [0, 0.1) is 35.0 Å². The number of nitrogens with one attached hydrogen (secondary N) is 1. The van der Waals surface area contributed by atoms with Crippen LogP contribution in [-0.4, -0.2) is 49.3 Å². The number of anilines is 1. The van der Waals surface area contributed by atoms with Crippen molar-refractivity contribution in [2.75, 3.05) is 17.7 Å². The van der Waals surface area contributed by atoms with Crippen LogP contribution < -0.4 is 10.4 Å². The number of rotatable bonds is 6. The highest BCUT2D eigenvalue weighted by Gasteiger charge is 2.48. The lowest BCUT2D eigenvalue weighted by Crippen LogP contribution is -2.51. The van der Waals surface area contributed by atoms with Crippen molar-refractivity contribution in [1.29, 1.82) is 5.26 Å². The number of ether oxygens (including phenoxy) is 1. The zero-order chi connectivity index (χ0) is 23.5. The van der Waals surface area contributed by atoms with Gasteiger partial charge in [-0.05, 0) is 49.9 Å². The molecule has 2 aliphatic rings. The number of cyclic esters (lactones) is 1. The van der Waals surface area contributed by atoms with Crippen molar-refractivity contribution >= 4 is 27.5 Å². The smallest absolute Gasteiger partial charge is 0.414 e. The van der Waals surface area contributed by atoms with E-state index in [2.05, 4.69) is 17.9 Å². The van der Waals surface area contributed by atoms with Crippen molar-refractivity contribution in [3.05, 3.63) is 29.8 Å². The fourth-order valence-corrected chi connectivity index (χ4v) is 4.73. The Balaban J connectivity index is 1.64. The van der Waals surface area contributed by atoms with Crippen LogP contribution in [0.2, 0.25) is 0 Å². The van der Waals surface area contributed by atoms with E-state index >= 15 is 0 Å². The topological polar surface area (TPSA) is 137 Å². The predicted molar refractivity (Wildman–Crippen MR) is 115 cm³/mol. The highest BCUT2D eigenvalue weighted by Crippen LogP contribution is 2.35. The average Bonchev–Trinajstić information content (AvgIpc) is 3.08. The summed E-state index contributed by atoms with van der Waals surface area (Å²) in [6, 6.07) is 9.20. The number of hydrogen-bond acceptors (Lipinski definition) is 7. The molecular formula is C22H25N3O6S. The van der Waals surface area contributed by atoms with Crippen molar-refractivity contribution in [2.24, 2.45) is 11.8 Å². The number of carbonyl (C=O) groups excluding carboxylic acids is 2. The van der Waals surface area contributed by atoms with Crippen molar-refractivity contribution in [3.63, 3.8) is 0 Å². The highest BCUT2D eigenvalue weighted by molar-refractivity contribution is 7.92. The summed E-state index contributed by atoms with van der Waals surface area (Å²) < 4.78 is 27.6. The molecule has 0 unspecified atom stereocenters. The molecule has 1 aromatic carbocycles. The Morgan fingerprint density at radius 3 is 2.56 bits per heavy atom. The molecule has 1 heterocycles. The van der Waals surface area contributed by atoms with Gasteiger partial charge in [-0.25, -0.2) is 18.7 Å². The first-order valence-corrected chi connectivity index (χ1v) is 12.1. The maximum atomic E-state index is 12.3. The lowest BCUT2D eigenvalue weighted by atomic mass is 9.74. The van der Waals surface area contributed by atoms with Crippen LogP contribution in [0.1, 0.15) is 38.2 Å². The van der Waals surface area contributed by atoms with Crippen molar-refractivity contribution < 1.29 is 28.0 Å². The van der Waals surface area contributed by atoms with Gasteiger partial charge in [0, 0.05) is 36.3 Å². The van der Waals surface area contributed by atoms with Crippen LogP contribution in [0.5, 0.6) is 0 Å². The number of amides is 2. The summed E-state index contributed by atoms with van der Waals surface area (Å²) in [4.78, 5) is 25.7. The van der Waals surface area contributed by atoms with Gasteiger partial charge in [0.25, 0.3) is 5.91 Å². The molecule has 10 heteroatoms. The molecule has 0 radical (unpaired) electrons. The van der Waals surface area contributed by atoms with Crippen LogP contribution >= 0.6 is 0 Å². The minimum atomic E-state index is -3.90. The average molecular weight is 460 g/mol. The lowest BCUT2D eigenvalue weighted by molar-refractivity contribution is -0.132. The Hall–Kier alpha value is -3.08. The van der Waals surface area contributed by atoms with Crippen molar-refractivity contribution in [3.8, 4) is 17.9 Å². The lowest BCUT2D eigenvalue weighted by Gasteiger charge is -2.29. The van der Waals surface area contributed by atoms with Crippen molar-refractivity contribution in [2.45, 2.75) is 43.5 Å². The Bertz CT molecular complexity index is 1090. The summed E-state index contributed by atoms with van der Waals surface area (Å²) >= 11 is 0. The minimum absolute atomic E-state index is 0.0655.